The molecule has 2 aliphatic heterocycles. The summed E-state index contributed by atoms with van der Waals surface area (Å²) < 4.78 is 113. The summed E-state index contributed by atoms with van der Waals surface area (Å²) in [6.45, 7) is 14.6. The fourth-order valence-electron chi connectivity index (χ4n) is 8.24. The summed E-state index contributed by atoms with van der Waals surface area (Å²) in [6, 6.07) is 10.2. The van der Waals surface area contributed by atoms with Crippen LogP contribution in [0.25, 0.3) is 0 Å². The minimum Gasteiger partial charge on any atom is -0.748 e. The number of carbonyl (C=O) groups excluding carboxylic acids is 1. The Hall–Kier alpha value is -4.13. The molecule has 17 heteroatoms. The summed E-state index contributed by atoms with van der Waals surface area (Å²) in [5.74, 6) is -1.22. The van der Waals surface area contributed by atoms with Crippen molar-refractivity contribution in [1.29, 1.82) is 0 Å². The van der Waals surface area contributed by atoms with Crippen LogP contribution in [0.2, 0.25) is 0 Å². The molecular formula is C42H53N3O11S3-2. The minimum absolute atomic E-state index is 0.0000382. The summed E-state index contributed by atoms with van der Waals surface area (Å²) in [4.78, 5) is 13.3. The van der Waals surface area contributed by atoms with Gasteiger partial charge in [0.2, 0.25) is 5.69 Å². The molecule has 3 aliphatic rings. The van der Waals surface area contributed by atoms with Crippen LogP contribution in [0.5, 0.6) is 0 Å². The second kappa shape index (κ2) is 17.5. The van der Waals surface area contributed by atoms with Gasteiger partial charge in [0.05, 0.1) is 30.5 Å². The van der Waals surface area contributed by atoms with E-state index in [-0.39, 0.29) is 25.3 Å². The van der Waals surface area contributed by atoms with Crippen LogP contribution in [0.3, 0.4) is 0 Å². The third kappa shape index (κ3) is 10.6. The maximum atomic E-state index is 12.0. The van der Waals surface area contributed by atoms with Crippen LogP contribution in [-0.2, 0) is 50.7 Å². The maximum Gasteiger partial charge on any atom is 0.295 e. The molecule has 0 bridgehead atoms. The van der Waals surface area contributed by atoms with Gasteiger partial charge < -0.3 is 28.6 Å². The maximum absolute atomic E-state index is 12.0. The van der Waals surface area contributed by atoms with E-state index in [0.717, 1.165) is 45.8 Å². The minimum atomic E-state index is -4.78. The highest BCUT2D eigenvalue weighted by Gasteiger charge is 2.45. The average Bonchev–Trinajstić information content (AvgIpc) is 3.45. The third-order valence-corrected chi connectivity index (χ3v) is 13.7. The van der Waals surface area contributed by atoms with Gasteiger partial charge in [0, 0.05) is 70.6 Å². The quantitative estimate of drug-likeness (QED) is 0.0902. The molecule has 0 spiro atoms. The fourth-order valence-corrected chi connectivity index (χ4v) is 9.71. The van der Waals surface area contributed by atoms with Crippen molar-refractivity contribution >= 4 is 53.9 Å². The summed E-state index contributed by atoms with van der Waals surface area (Å²) in [6.07, 6.45) is 9.33. The summed E-state index contributed by atoms with van der Waals surface area (Å²) >= 11 is 0. The Balaban J connectivity index is 1.65. The smallest absolute Gasteiger partial charge is 0.295 e. The lowest BCUT2D eigenvalue weighted by atomic mass is 9.81. The predicted molar refractivity (Wildman–Crippen MR) is 222 cm³/mol. The number of hydrogen-bond acceptors (Lipinski definition) is 13. The topological polar surface area (TPSA) is 216 Å². The van der Waals surface area contributed by atoms with Crippen LogP contribution in [0.4, 0.5) is 11.4 Å². The number of rotatable bonds is 17. The summed E-state index contributed by atoms with van der Waals surface area (Å²) in [7, 11) is -13.7. The van der Waals surface area contributed by atoms with E-state index in [2.05, 4.69) is 30.1 Å². The van der Waals surface area contributed by atoms with Crippen molar-refractivity contribution in [3.05, 3.63) is 99.9 Å². The summed E-state index contributed by atoms with van der Waals surface area (Å²) in [5, 5.41) is 3.48. The molecule has 14 nitrogen and oxygen atoms in total. The van der Waals surface area contributed by atoms with Gasteiger partial charge in [0.25, 0.3) is 6.47 Å². The van der Waals surface area contributed by atoms with E-state index in [1.807, 2.05) is 75.6 Å². The summed E-state index contributed by atoms with van der Waals surface area (Å²) in [5.41, 5.74) is 6.98. The van der Waals surface area contributed by atoms with Crippen LogP contribution in [0.1, 0.15) is 90.3 Å². The number of ether oxygens (including phenoxy) is 1. The molecule has 1 unspecified atom stereocenters. The Bertz CT molecular complexity index is 2480. The fraction of sp³-hybridized carbons (Fsp3) is 0.476. The first-order chi connectivity index (χ1) is 27.3. The zero-order valence-electron chi connectivity index (χ0n) is 34.5. The number of nitrogens with one attached hydrogen (secondary N) is 1. The Labute approximate surface area is 348 Å². The van der Waals surface area contributed by atoms with Crippen LogP contribution >= 0.6 is 0 Å². The van der Waals surface area contributed by atoms with Crippen molar-refractivity contribution in [2.45, 2.75) is 103 Å². The van der Waals surface area contributed by atoms with Gasteiger partial charge in [-0.3, -0.25) is 4.79 Å². The number of benzene rings is 2. The molecule has 0 saturated heterocycles. The first kappa shape index (κ1) is 45.9. The molecule has 1 N–H and O–H groups in total. The van der Waals surface area contributed by atoms with Gasteiger partial charge in [-0.05, 0) is 87.4 Å². The average molecular weight is 872 g/mol. The largest absolute Gasteiger partial charge is 0.748 e. The highest BCUT2D eigenvalue weighted by Crippen LogP contribution is 2.48. The van der Waals surface area contributed by atoms with Crippen molar-refractivity contribution in [2.75, 3.05) is 29.5 Å². The number of carbonyl (C=O) groups is 1. The molecule has 59 heavy (non-hydrogen) atoms. The van der Waals surface area contributed by atoms with E-state index < -0.39 is 63.8 Å². The molecule has 0 amide bonds. The van der Waals surface area contributed by atoms with E-state index in [4.69, 9.17) is 4.74 Å². The number of allylic oxidation sites excluding steroid dienone is 7. The van der Waals surface area contributed by atoms with Gasteiger partial charge >= 0.3 is 0 Å². The SMILES string of the molecule is Cc1ccc2c(c1)C(C)(C)/C(=C/C=C1\CCCC(/C=C/C3=[N+](CCCS(=O)(=O)[O-])c4ccc(S(=O)(=O)[O-])cc4C3(C)C)=C1NC(OC=O)C(C)C)N2CCCS(=O)(=O)[O-]. The van der Waals surface area contributed by atoms with Gasteiger partial charge in [0.15, 0.2) is 11.9 Å². The Morgan fingerprint density at radius 2 is 1.54 bits per heavy atom. The van der Waals surface area contributed by atoms with E-state index in [9.17, 15) is 43.7 Å². The lowest BCUT2D eigenvalue weighted by Crippen LogP contribution is -2.37. The lowest BCUT2D eigenvalue weighted by Gasteiger charge is -2.30. The van der Waals surface area contributed by atoms with Crippen molar-refractivity contribution in [1.82, 2.24) is 5.32 Å². The molecular weight excluding hydrogens is 819 g/mol. The van der Waals surface area contributed by atoms with Crippen LogP contribution in [0.15, 0.2) is 88.1 Å². The molecule has 0 aromatic heterocycles. The molecule has 5 rings (SSSR count). The van der Waals surface area contributed by atoms with E-state index in [0.29, 0.717) is 42.8 Å². The van der Waals surface area contributed by atoms with E-state index >= 15 is 0 Å². The van der Waals surface area contributed by atoms with Crippen molar-refractivity contribution in [3.8, 4) is 0 Å². The zero-order chi connectivity index (χ0) is 43.7. The van der Waals surface area contributed by atoms with Crippen molar-refractivity contribution in [2.24, 2.45) is 5.92 Å². The monoisotopic (exact) mass is 871 g/mol. The van der Waals surface area contributed by atoms with Gasteiger partial charge in [0.1, 0.15) is 16.7 Å². The van der Waals surface area contributed by atoms with Crippen molar-refractivity contribution in [3.63, 3.8) is 0 Å². The molecule has 2 heterocycles. The molecule has 0 fully saturated rings. The number of nitrogens with zero attached hydrogens (tertiary/aromatic N) is 2. The first-order valence-corrected chi connectivity index (χ1v) is 24.1. The van der Waals surface area contributed by atoms with E-state index in [1.54, 1.807) is 0 Å². The van der Waals surface area contributed by atoms with E-state index in [1.165, 1.54) is 18.2 Å². The normalized spacial score (nSPS) is 19.9. The highest BCUT2D eigenvalue weighted by molar-refractivity contribution is 7.86. The highest BCUT2D eigenvalue weighted by atomic mass is 32.2. The number of aryl methyl sites for hydroxylation is 1. The first-order valence-electron chi connectivity index (χ1n) is 19.5. The van der Waals surface area contributed by atoms with Crippen molar-refractivity contribution < 1.29 is 53.0 Å². The van der Waals surface area contributed by atoms with Gasteiger partial charge in [-0.2, -0.15) is 4.58 Å². The standard InChI is InChI=1S/C42H55N3O11S3/c1-28(2)40(56-27-46)43-39-30(14-19-37-41(4,5)33-25-29(3)13-17-35(33)44(37)21-9-23-57(47,48)49)11-8-12-31(39)15-20-38-42(6,7)34-26-32(59(53,54)55)16-18-36(34)45(38)22-10-24-58(50,51)52/h13-20,25-28,40H,8-12,21-24H2,1-7H3,(H3,47,48,49,50,51,52,53,54,55)/p-2/b30-14+,37-19-. The zero-order valence-corrected chi connectivity index (χ0v) is 36.9. The molecule has 0 radical (unpaired) electrons. The molecule has 322 valence electrons. The van der Waals surface area contributed by atoms with Crippen LogP contribution in [-0.4, -0.2) is 86.5 Å². The van der Waals surface area contributed by atoms with Crippen LogP contribution in [0, 0.1) is 12.8 Å². The lowest BCUT2D eigenvalue weighted by molar-refractivity contribution is -0.437. The predicted octanol–water partition coefficient (Wildman–Crippen LogP) is 5.49. The van der Waals surface area contributed by atoms with Gasteiger partial charge in [-0.1, -0.05) is 57.5 Å². The molecule has 0 saturated carbocycles. The Kier molecular flexibility index (Phi) is 13.6. The third-order valence-electron chi connectivity index (χ3n) is 11.3. The second-order valence-corrected chi connectivity index (χ2v) is 21.1. The Morgan fingerprint density at radius 3 is 2.17 bits per heavy atom. The van der Waals surface area contributed by atoms with Crippen LogP contribution < -0.4 is 10.2 Å². The molecule has 1 atom stereocenters. The molecule has 1 aliphatic carbocycles. The molecule has 2 aromatic rings. The molecule has 2 aromatic carbocycles. The van der Waals surface area contributed by atoms with Gasteiger partial charge in [-0.15, -0.1) is 0 Å². The number of hydrogen-bond donors (Lipinski definition) is 1. The number of anilines is 1. The van der Waals surface area contributed by atoms with Gasteiger partial charge in [-0.25, -0.2) is 25.3 Å². The number of fused-ring (bicyclic) bond motifs is 2. The second-order valence-electron chi connectivity index (χ2n) is 16.7. The Morgan fingerprint density at radius 1 is 0.864 bits per heavy atom.